The highest BCUT2D eigenvalue weighted by atomic mass is 19.4. The lowest BCUT2D eigenvalue weighted by Crippen LogP contribution is -2.65. The van der Waals surface area contributed by atoms with E-state index >= 15 is 8.78 Å². The van der Waals surface area contributed by atoms with Gasteiger partial charge < -0.3 is 10.0 Å². The summed E-state index contributed by atoms with van der Waals surface area (Å²) in [6.45, 7) is 2.67. The van der Waals surface area contributed by atoms with E-state index < -0.39 is 41.4 Å². The van der Waals surface area contributed by atoms with E-state index in [-0.39, 0.29) is 30.4 Å². The molecule has 3 fully saturated rings. The number of rotatable bonds is 4. The second-order valence-electron chi connectivity index (χ2n) is 14.6. The lowest BCUT2D eigenvalue weighted by Gasteiger charge is -2.56. The summed E-state index contributed by atoms with van der Waals surface area (Å²) in [5, 5.41) is 11.5. The second-order valence-corrected chi connectivity index (χ2v) is 14.6. The minimum absolute atomic E-state index is 0.0377. The Morgan fingerprint density at radius 2 is 1.55 bits per heavy atom. The first-order valence-corrected chi connectivity index (χ1v) is 16.8. The van der Waals surface area contributed by atoms with E-state index in [1.807, 2.05) is 23.1 Å². The van der Waals surface area contributed by atoms with Crippen molar-refractivity contribution in [2.24, 2.45) is 17.3 Å². The number of carbonyl (C=O) groups is 2. The molecule has 0 spiro atoms. The lowest BCUT2D eigenvalue weighted by atomic mass is 9.50. The summed E-state index contributed by atoms with van der Waals surface area (Å²) in [6.07, 6.45) is -1.25. The molecule has 7 rings (SSSR count). The zero-order valence-corrected chi connectivity index (χ0v) is 26.5. The Bertz CT molecular complexity index is 1620. The molecule has 5 aliphatic rings. The molecule has 1 aliphatic heterocycles. The smallest absolute Gasteiger partial charge is 0.383 e. The third-order valence-corrected chi connectivity index (χ3v) is 12.4. The van der Waals surface area contributed by atoms with E-state index in [0.717, 1.165) is 35.1 Å². The summed E-state index contributed by atoms with van der Waals surface area (Å²) < 4.78 is 72.1. The number of hydrogen-bond donors (Lipinski definition) is 1. The average molecular weight is 654 g/mol. The third-order valence-electron chi connectivity index (χ3n) is 12.4. The highest BCUT2D eigenvalue weighted by Crippen LogP contribution is 2.70. The summed E-state index contributed by atoms with van der Waals surface area (Å²) in [4.78, 5) is 27.7. The van der Waals surface area contributed by atoms with Crippen molar-refractivity contribution in [2.45, 2.75) is 94.2 Å². The van der Waals surface area contributed by atoms with Gasteiger partial charge in [-0.1, -0.05) is 55.0 Å². The number of fused-ring (bicyclic) bond motifs is 4. The van der Waals surface area contributed by atoms with Crippen LogP contribution in [0.25, 0.3) is 0 Å². The van der Waals surface area contributed by atoms with Gasteiger partial charge in [-0.2, -0.15) is 22.0 Å². The van der Waals surface area contributed by atoms with Crippen LogP contribution in [0.15, 0.2) is 77.4 Å². The molecule has 2 aromatic carbocycles. The third kappa shape index (κ3) is 5.01. The number of carbonyl (C=O) groups excluding carboxylic acids is 2. The van der Waals surface area contributed by atoms with Crippen LogP contribution in [0, 0.1) is 17.3 Å². The fraction of sp³-hybridized carbons (Fsp3) is 0.526. The number of aliphatic hydroxyl groups is 1. The van der Waals surface area contributed by atoms with Crippen molar-refractivity contribution in [3.63, 3.8) is 0 Å². The number of allylic oxidation sites excluding steroid dienone is 4. The first-order valence-electron chi connectivity index (χ1n) is 16.8. The van der Waals surface area contributed by atoms with Gasteiger partial charge in [0.25, 0.3) is 5.91 Å². The van der Waals surface area contributed by atoms with E-state index in [4.69, 9.17) is 0 Å². The summed E-state index contributed by atoms with van der Waals surface area (Å²) in [5.41, 5.74) is 0.485. The quantitative estimate of drug-likeness (QED) is 0.337. The number of likely N-dealkylation sites (tertiary alicyclic amines) is 1. The molecule has 1 saturated heterocycles. The summed E-state index contributed by atoms with van der Waals surface area (Å²) in [5.74, 6) is -6.32. The average Bonchev–Trinajstić information content (AvgIpc) is 3.35. The Labute approximate surface area is 271 Å². The molecule has 1 amide bonds. The van der Waals surface area contributed by atoms with Crippen LogP contribution in [-0.4, -0.2) is 52.5 Å². The molecule has 0 radical (unpaired) electrons. The molecule has 4 aliphatic carbocycles. The fourth-order valence-electron chi connectivity index (χ4n) is 9.90. The Morgan fingerprint density at radius 3 is 2.21 bits per heavy atom. The molecule has 0 unspecified atom stereocenters. The molecule has 1 N–H and O–H groups in total. The highest BCUT2D eigenvalue weighted by Gasteiger charge is 2.79. The molecule has 47 heavy (non-hydrogen) atoms. The van der Waals surface area contributed by atoms with Crippen LogP contribution in [0.1, 0.15) is 98.0 Å². The molecule has 4 nitrogen and oxygen atoms in total. The zero-order chi connectivity index (χ0) is 33.4. The predicted octanol–water partition coefficient (Wildman–Crippen LogP) is 8.53. The molecular formula is C38H40F5NO3. The number of alkyl halides is 5. The van der Waals surface area contributed by atoms with Gasteiger partial charge in [0.05, 0.1) is 0 Å². The Kier molecular flexibility index (Phi) is 7.81. The van der Waals surface area contributed by atoms with Crippen LogP contribution < -0.4 is 0 Å². The topological polar surface area (TPSA) is 57.6 Å². The van der Waals surface area contributed by atoms with Crippen LogP contribution in [0.4, 0.5) is 22.0 Å². The van der Waals surface area contributed by atoms with Crippen LogP contribution in [0.2, 0.25) is 0 Å². The molecule has 2 aromatic rings. The van der Waals surface area contributed by atoms with Crippen LogP contribution in [0.5, 0.6) is 0 Å². The van der Waals surface area contributed by atoms with Gasteiger partial charge in [-0.15, -0.1) is 0 Å². The molecule has 1 heterocycles. The van der Waals surface area contributed by atoms with Gasteiger partial charge in [-0.25, -0.2) is 0 Å². The van der Waals surface area contributed by atoms with E-state index in [2.05, 4.69) is 12.1 Å². The van der Waals surface area contributed by atoms with Gasteiger partial charge in [0.15, 0.2) is 5.78 Å². The second kappa shape index (κ2) is 11.4. The summed E-state index contributed by atoms with van der Waals surface area (Å²) in [6, 6.07) is 17.3. The molecule has 0 bridgehead atoms. The lowest BCUT2D eigenvalue weighted by molar-refractivity contribution is -0.362. The summed E-state index contributed by atoms with van der Waals surface area (Å²) >= 11 is 0. The van der Waals surface area contributed by atoms with Crippen LogP contribution >= 0.6 is 0 Å². The Balaban J connectivity index is 1.21. The maximum atomic E-state index is 15.3. The maximum absolute atomic E-state index is 15.3. The van der Waals surface area contributed by atoms with Crippen LogP contribution in [-0.2, 0) is 4.79 Å². The summed E-state index contributed by atoms with van der Waals surface area (Å²) in [7, 11) is 0. The van der Waals surface area contributed by atoms with Crippen molar-refractivity contribution >= 4 is 11.7 Å². The first-order chi connectivity index (χ1) is 22.2. The van der Waals surface area contributed by atoms with E-state index in [9.17, 15) is 27.9 Å². The van der Waals surface area contributed by atoms with Gasteiger partial charge in [-0.3, -0.25) is 9.59 Å². The Hall–Kier alpha value is -3.33. The van der Waals surface area contributed by atoms with E-state index in [0.29, 0.717) is 50.3 Å². The fourth-order valence-corrected chi connectivity index (χ4v) is 9.90. The molecule has 9 heteroatoms. The predicted molar refractivity (Wildman–Crippen MR) is 167 cm³/mol. The van der Waals surface area contributed by atoms with E-state index in [1.165, 1.54) is 12.5 Å². The number of piperidine rings is 1. The first kappa shape index (κ1) is 32.2. The van der Waals surface area contributed by atoms with Crippen molar-refractivity contribution in [3.8, 4) is 0 Å². The number of amides is 1. The molecule has 2 saturated carbocycles. The van der Waals surface area contributed by atoms with Gasteiger partial charge >= 0.3 is 12.1 Å². The SMILES string of the molecule is C[C@]12C[C@H](c3ccc(C(=O)N4CCC(c5ccccc5)CC4)cc3)C3=C4CCC(=O)C=C4CC[C@H]3[C@@H]1CC[C@]2(O)C(F)(F)C(F)(F)F. The number of benzene rings is 2. The normalized spacial score (nSPS) is 31.6. The van der Waals surface area contributed by atoms with Gasteiger partial charge in [0, 0.05) is 36.4 Å². The number of ketones is 1. The molecular weight excluding hydrogens is 613 g/mol. The highest BCUT2D eigenvalue weighted by molar-refractivity contribution is 5.94. The van der Waals surface area contributed by atoms with Crippen molar-refractivity contribution in [1.29, 1.82) is 0 Å². The van der Waals surface area contributed by atoms with E-state index in [1.54, 1.807) is 30.3 Å². The molecule has 5 atom stereocenters. The molecule has 250 valence electrons. The van der Waals surface area contributed by atoms with Crippen molar-refractivity contribution < 1.29 is 36.6 Å². The number of halogens is 5. The standard InChI is InChI=1S/C38H40F5NO3/c1-35-22-31(25-7-9-26(10-8-25)34(46)44-19-16-24(17-20-44)23-5-3-2-4-6-23)33-29-14-12-28(45)21-27(29)11-13-30(33)32(35)15-18-36(35,47)37(39,40)38(41,42)43/h2-10,21,24,30-32,47H,11-20,22H2,1H3/t30-,31+,32-,35-,36+/m0/s1. The van der Waals surface area contributed by atoms with Crippen molar-refractivity contribution in [3.05, 3.63) is 94.1 Å². The van der Waals surface area contributed by atoms with Crippen molar-refractivity contribution in [1.82, 2.24) is 4.90 Å². The monoisotopic (exact) mass is 653 g/mol. The number of hydrogen-bond acceptors (Lipinski definition) is 3. The zero-order valence-electron chi connectivity index (χ0n) is 26.5. The van der Waals surface area contributed by atoms with Gasteiger partial charge in [-0.05, 0) is 110 Å². The van der Waals surface area contributed by atoms with Crippen LogP contribution in [0.3, 0.4) is 0 Å². The van der Waals surface area contributed by atoms with Gasteiger partial charge in [0.1, 0.15) is 5.60 Å². The van der Waals surface area contributed by atoms with Gasteiger partial charge in [0.2, 0.25) is 0 Å². The maximum Gasteiger partial charge on any atom is 0.456 e. The number of nitrogens with zero attached hydrogens (tertiary/aromatic N) is 1. The van der Waals surface area contributed by atoms with Crippen molar-refractivity contribution in [2.75, 3.05) is 13.1 Å². The molecule has 0 aromatic heterocycles. The Morgan fingerprint density at radius 1 is 0.872 bits per heavy atom. The minimum Gasteiger partial charge on any atom is -0.383 e. The minimum atomic E-state index is -5.89. The largest absolute Gasteiger partial charge is 0.456 e.